The zero-order valence-corrected chi connectivity index (χ0v) is 15.4. The quantitative estimate of drug-likeness (QED) is 0.497. The predicted molar refractivity (Wildman–Crippen MR) is 102 cm³/mol. The normalized spacial score (nSPS) is 10.6. The number of nitrogens with zero attached hydrogens (tertiary/aromatic N) is 5. The van der Waals surface area contributed by atoms with Crippen molar-refractivity contribution in [3.8, 4) is 5.82 Å². The van der Waals surface area contributed by atoms with Crippen LogP contribution in [0.5, 0.6) is 0 Å². The van der Waals surface area contributed by atoms with Crippen LogP contribution in [0, 0.1) is 15.9 Å². The number of nitrogens with two attached hydrogens (primary N) is 1. The summed E-state index contributed by atoms with van der Waals surface area (Å²) in [5, 5.41) is 15.4. The molecule has 0 fully saturated rings. The Kier molecular flexibility index (Phi) is 5.67. The Morgan fingerprint density at radius 1 is 1.38 bits per heavy atom. The Balaban J connectivity index is 2.17. The lowest BCUT2D eigenvalue weighted by molar-refractivity contribution is -0.383. The van der Waals surface area contributed by atoms with Crippen LogP contribution >= 0.6 is 0 Å². The molecule has 0 saturated heterocycles. The molecule has 0 spiro atoms. The van der Waals surface area contributed by atoms with Gasteiger partial charge in [0.1, 0.15) is 5.69 Å². The average molecular weight is 400 g/mol. The summed E-state index contributed by atoms with van der Waals surface area (Å²) in [5.41, 5.74) is 5.80. The number of benzene rings is 1. The van der Waals surface area contributed by atoms with E-state index in [0.717, 1.165) is 22.0 Å². The molecule has 11 heteroatoms. The summed E-state index contributed by atoms with van der Waals surface area (Å²) >= 11 is 0. The number of rotatable bonds is 6. The number of carbonyl (C=O) groups excluding carboxylic acids is 1. The number of nitro groups is 1. The molecule has 0 radical (unpaired) electrons. The first-order valence-electron chi connectivity index (χ1n) is 8.54. The lowest BCUT2D eigenvalue weighted by atomic mass is 10.2. The van der Waals surface area contributed by atoms with Gasteiger partial charge in [-0.2, -0.15) is 5.10 Å². The maximum atomic E-state index is 13.4. The van der Waals surface area contributed by atoms with E-state index in [9.17, 15) is 19.3 Å². The lowest BCUT2D eigenvalue weighted by Crippen LogP contribution is -2.32. The first kappa shape index (κ1) is 19.7. The minimum Gasteiger partial charge on any atom is -0.449 e. The van der Waals surface area contributed by atoms with E-state index in [1.54, 1.807) is 37.3 Å². The van der Waals surface area contributed by atoms with Gasteiger partial charge in [-0.1, -0.05) is 30.3 Å². The first-order chi connectivity index (χ1) is 13.9. The number of amides is 1. The number of halogens is 1. The van der Waals surface area contributed by atoms with Crippen molar-refractivity contribution in [2.24, 2.45) is 0 Å². The van der Waals surface area contributed by atoms with Gasteiger partial charge in [0.15, 0.2) is 11.6 Å². The average Bonchev–Trinajstić information content (AvgIpc) is 3.12. The Morgan fingerprint density at radius 2 is 2.10 bits per heavy atom. The van der Waals surface area contributed by atoms with E-state index in [1.165, 1.54) is 6.07 Å². The molecule has 0 aliphatic heterocycles. The lowest BCUT2D eigenvalue weighted by Gasteiger charge is -2.22. The number of aromatic nitrogens is 3. The highest BCUT2D eigenvalue weighted by Gasteiger charge is 2.30. The zero-order valence-electron chi connectivity index (χ0n) is 15.4. The molecule has 0 aliphatic rings. The van der Waals surface area contributed by atoms with Crippen LogP contribution < -0.4 is 10.6 Å². The Labute approximate surface area is 164 Å². The molecule has 0 aliphatic carbocycles. The predicted octanol–water partition coefficient (Wildman–Crippen LogP) is 3.06. The molecular weight excluding hydrogens is 383 g/mol. The van der Waals surface area contributed by atoms with Crippen LogP contribution in [0.1, 0.15) is 12.5 Å². The zero-order chi connectivity index (χ0) is 21.0. The number of carbonyl (C=O) groups is 1. The fraction of sp³-hybridized carbons (Fsp3) is 0.167. The summed E-state index contributed by atoms with van der Waals surface area (Å²) in [6, 6.07) is 10.1. The van der Waals surface area contributed by atoms with Gasteiger partial charge in [-0.05, 0) is 12.5 Å². The molecule has 29 heavy (non-hydrogen) atoms. The second-order valence-corrected chi connectivity index (χ2v) is 5.86. The molecule has 2 aromatic heterocycles. The molecule has 2 N–H and O–H groups in total. The van der Waals surface area contributed by atoms with Crippen LogP contribution in [-0.4, -0.2) is 32.4 Å². The Hall–Kier alpha value is -4.02. The molecule has 0 unspecified atom stereocenters. The van der Waals surface area contributed by atoms with E-state index in [4.69, 9.17) is 10.5 Å². The van der Waals surface area contributed by atoms with Crippen LogP contribution in [0.15, 0.2) is 48.8 Å². The number of hydrogen-bond acceptors (Lipinski definition) is 7. The van der Waals surface area contributed by atoms with E-state index in [2.05, 4.69) is 10.1 Å². The summed E-state index contributed by atoms with van der Waals surface area (Å²) < 4.78 is 19.5. The van der Waals surface area contributed by atoms with E-state index >= 15 is 0 Å². The largest absolute Gasteiger partial charge is 0.449 e. The van der Waals surface area contributed by atoms with Crippen molar-refractivity contribution in [2.45, 2.75) is 13.5 Å². The topological polar surface area (TPSA) is 129 Å². The second kappa shape index (κ2) is 8.33. The molecule has 0 atom stereocenters. The van der Waals surface area contributed by atoms with Crippen molar-refractivity contribution in [1.82, 2.24) is 14.8 Å². The molecule has 1 amide bonds. The summed E-state index contributed by atoms with van der Waals surface area (Å²) in [4.78, 5) is 28.6. The SMILES string of the molecule is CCOC(=O)N(Cc1ccccc1)c1cc(-n2cc(F)cn2)nc(N)c1[N+](=O)[O-]. The van der Waals surface area contributed by atoms with Crippen LogP contribution in [-0.2, 0) is 11.3 Å². The highest BCUT2D eigenvalue weighted by Crippen LogP contribution is 2.35. The van der Waals surface area contributed by atoms with Gasteiger partial charge in [-0.25, -0.2) is 18.9 Å². The monoisotopic (exact) mass is 400 g/mol. The smallest absolute Gasteiger partial charge is 0.414 e. The van der Waals surface area contributed by atoms with E-state index in [0.29, 0.717) is 5.56 Å². The standard InChI is InChI=1S/C18H17FN6O4/c1-2-29-18(26)23(10-12-6-4-3-5-7-12)14-8-15(24-11-13(19)9-21-24)22-17(20)16(14)25(27)28/h3-9,11H,2,10H2,1H3,(H2,20,22). The molecule has 3 rings (SSSR count). The van der Waals surface area contributed by atoms with Crippen LogP contribution in [0.25, 0.3) is 5.82 Å². The molecule has 1 aromatic carbocycles. The number of nitrogen functional groups attached to an aromatic ring is 1. The fourth-order valence-corrected chi connectivity index (χ4v) is 2.68. The van der Waals surface area contributed by atoms with Gasteiger partial charge >= 0.3 is 11.8 Å². The van der Waals surface area contributed by atoms with Crippen molar-refractivity contribution in [1.29, 1.82) is 0 Å². The van der Waals surface area contributed by atoms with Gasteiger partial charge in [-0.15, -0.1) is 0 Å². The number of ether oxygens (including phenoxy) is 1. The summed E-state index contributed by atoms with van der Waals surface area (Å²) in [6.45, 7) is 1.67. The van der Waals surface area contributed by atoms with Gasteiger partial charge in [0.2, 0.25) is 5.82 Å². The van der Waals surface area contributed by atoms with Crippen LogP contribution in [0.3, 0.4) is 0 Å². The molecule has 2 heterocycles. The number of pyridine rings is 1. The highest BCUT2D eigenvalue weighted by molar-refractivity contribution is 5.93. The van der Waals surface area contributed by atoms with Gasteiger partial charge in [-0.3, -0.25) is 15.0 Å². The van der Waals surface area contributed by atoms with Gasteiger partial charge < -0.3 is 10.5 Å². The molecular formula is C18H17FN6O4. The summed E-state index contributed by atoms with van der Waals surface area (Å²) in [7, 11) is 0. The molecule has 150 valence electrons. The summed E-state index contributed by atoms with van der Waals surface area (Å²) in [6.07, 6.45) is 1.18. The first-order valence-corrected chi connectivity index (χ1v) is 8.54. The number of anilines is 2. The number of hydrogen-bond donors (Lipinski definition) is 1. The third-order valence-corrected chi connectivity index (χ3v) is 3.92. The third-order valence-electron chi connectivity index (χ3n) is 3.92. The molecule has 3 aromatic rings. The van der Waals surface area contributed by atoms with E-state index in [1.807, 2.05) is 0 Å². The Bertz CT molecular complexity index is 1040. The minimum absolute atomic E-state index is 0.00867. The van der Waals surface area contributed by atoms with Crippen molar-refractivity contribution in [3.63, 3.8) is 0 Å². The van der Waals surface area contributed by atoms with Crippen molar-refractivity contribution >= 4 is 23.3 Å². The molecule has 0 bridgehead atoms. The van der Waals surface area contributed by atoms with Crippen LogP contribution in [0.4, 0.5) is 26.4 Å². The Morgan fingerprint density at radius 3 is 2.69 bits per heavy atom. The van der Waals surface area contributed by atoms with Crippen molar-refractivity contribution in [3.05, 3.63) is 70.3 Å². The maximum Gasteiger partial charge on any atom is 0.414 e. The van der Waals surface area contributed by atoms with Crippen LogP contribution in [0.2, 0.25) is 0 Å². The van der Waals surface area contributed by atoms with Gasteiger partial charge in [0.05, 0.1) is 30.5 Å². The molecule has 10 nitrogen and oxygen atoms in total. The van der Waals surface area contributed by atoms with Gasteiger partial charge in [0, 0.05) is 6.07 Å². The van der Waals surface area contributed by atoms with E-state index in [-0.39, 0.29) is 24.7 Å². The fourth-order valence-electron chi connectivity index (χ4n) is 2.68. The maximum absolute atomic E-state index is 13.4. The van der Waals surface area contributed by atoms with Gasteiger partial charge in [0.25, 0.3) is 0 Å². The van der Waals surface area contributed by atoms with E-state index < -0.39 is 28.3 Å². The minimum atomic E-state index is -0.803. The highest BCUT2D eigenvalue weighted by atomic mass is 19.1. The third kappa shape index (κ3) is 4.29. The van der Waals surface area contributed by atoms with Crippen molar-refractivity contribution < 1.29 is 18.8 Å². The molecule has 0 saturated carbocycles. The second-order valence-electron chi connectivity index (χ2n) is 5.86. The van der Waals surface area contributed by atoms with Crippen molar-refractivity contribution in [2.75, 3.05) is 17.2 Å². The summed E-state index contributed by atoms with van der Waals surface area (Å²) in [5.74, 6) is -1.06.